The Kier molecular flexibility index (Phi) is 3.72. The number of rotatable bonds is 5. The van der Waals surface area contributed by atoms with Gasteiger partial charge in [-0.3, -0.25) is 4.79 Å². The van der Waals surface area contributed by atoms with E-state index in [1.54, 1.807) is 19.1 Å². The standard InChI is InChI=1S/C13H18N2O3/c1-8(13(18)15-10-5-6-10)14-7-9-3-2-4-11(16)12(9)17/h2-4,8,10,14,16-17H,5-7H2,1H3,(H,15,18). The Hall–Kier alpha value is -1.75. The van der Waals surface area contributed by atoms with Crippen molar-refractivity contribution in [3.8, 4) is 11.5 Å². The van der Waals surface area contributed by atoms with E-state index < -0.39 is 0 Å². The highest BCUT2D eigenvalue weighted by atomic mass is 16.3. The summed E-state index contributed by atoms with van der Waals surface area (Å²) in [6.07, 6.45) is 2.12. The first-order valence-corrected chi connectivity index (χ1v) is 6.11. The molecule has 0 radical (unpaired) electrons. The smallest absolute Gasteiger partial charge is 0.237 e. The van der Waals surface area contributed by atoms with Crippen LogP contribution in [-0.4, -0.2) is 28.2 Å². The fourth-order valence-corrected chi connectivity index (χ4v) is 1.63. The Morgan fingerprint density at radius 3 is 2.83 bits per heavy atom. The second-order valence-corrected chi connectivity index (χ2v) is 4.67. The van der Waals surface area contributed by atoms with Gasteiger partial charge in [-0.25, -0.2) is 0 Å². The number of para-hydroxylation sites is 1. The van der Waals surface area contributed by atoms with Crippen LogP contribution in [0.25, 0.3) is 0 Å². The Morgan fingerprint density at radius 2 is 2.17 bits per heavy atom. The molecule has 1 aromatic rings. The molecule has 0 bridgehead atoms. The molecule has 5 heteroatoms. The summed E-state index contributed by atoms with van der Waals surface area (Å²) in [5, 5.41) is 24.9. The van der Waals surface area contributed by atoms with Gasteiger partial charge in [-0.05, 0) is 25.8 Å². The van der Waals surface area contributed by atoms with Gasteiger partial charge in [0, 0.05) is 18.2 Å². The van der Waals surface area contributed by atoms with E-state index in [-0.39, 0.29) is 23.4 Å². The maximum atomic E-state index is 11.7. The molecular formula is C13H18N2O3. The van der Waals surface area contributed by atoms with E-state index in [1.807, 2.05) is 0 Å². The van der Waals surface area contributed by atoms with Gasteiger partial charge in [0.05, 0.1) is 6.04 Å². The predicted octanol–water partition coefficient (Wildman–Crippen LogP) is 0.855. The molecule has 4 N–H and O–H groups in total. The normalized spacial score (nSPS) is 16.3. The number of carbonyl (C=O) groups excluding carboxylic acids is 1. The lowest BCUT2D eigenvalue weighted by molar-refractivity contribution is -0.122. The molecule has 1 fully saturated rings. The van der Waals surface area contributed by atoms with Crippen LogP contribution in [0.5, 0.6) is 11.5 Å². The fraction of sp³-hybridized carbons (Fsp3) is 0.462. The van der Waals surface area contributed by atoms with Crippen LogP contribution in [0.4, 0.5) is 0 Å². The summed E-state index contributed by atoms with van der Waals surface area (Å²) in [5.74, 6) is -0.318. The van der Waals surface area contributed by atoms with E-state index >= 15 is 0 Å². The number of phenols is 2. The second kappa shape index (κ2) is 5.27. The third-order valence-electron chi connectivity index (χ3n) is 3.01. The van der Waals surface area contributed by atoms with Crippen LogP contribution < -0.4 is 10.6 Å². The molecule has 0 spiro atoms. The molecule has 1 aromatic carbocycles. The van der Waals surface area contributed by atoms with Crippen molar-refractivity contribution in [1.29, 1.82) is 0 Å². The summed E-state index contributed by atoms with van der Waals surface area (Å²) >= 11 is 0. The zero-order valence-corrected chi connectivity index (χ0v) is 10.3. The van der Waals surface area contributed by atoms with Gasteiger partial charge in [-0.1, -0.05) is 12.1 Å². The monoisotopic (exact) mass is 250 g/mol. The summed E-state index contributed by atoms with van der Waals surface area (Å²) in [6, 6.07) is 4.79. The average Bonchev–Trinajstić information content (AvgIpc) is 3.14. The SMILES string of the molecule is CC(NCc1cccc(O)c1O)C(=O)NC1CC1. The maximum absolute atomic E-state index is 11.7. The first-order valence-electron chi connectivity index (χ1n) is 6.11. The third kappa shape index (κ3) is 3.13. The lowest BCUT2D eigenvalue weighted by Gasteiger charge is -2.14. The van der Waals surface area contributed by atoms with E-state index in [0.29, 0.717) is 18.2 Å². The summed E-state index contributed by atoms with van der Waals surface area (Å²) in [6.45, 7) is 2.11. The minimum atomic E-state index is -0.327. The predicted molar refractivity (Wildman–Crippen MR) is 67.2 cm³/mol. The van der Waals surface area contributed by atoms with E-state index in [2.05, 4.69) is 10.6 Å². The second-order valence-electron chi connectivity index (χ2n) is 4.67. The van der Waals surface area contributed by atoms with Crippen LogP contribution in [0, 0.1) is 0 Å². The molecule has 5 nitrogen and oxygen atoms in total. The Balaban J connectivity index is 1.86. The average molecular weight is 250 g/mol. The third-order valence-corrected chi connectivity index (χ3v) is 3.01. The summed E-state index contributed by atoms with van der Waals surface area (Å²) in [5.41, 5.74) is 0.570. The van der Waals surface area contributed by atoms with Gasteiger partial charge >= 0.3 is 0 Å². The number of aromatic hydroxyl groups is 2. The van der Waals surface area contributed by atoms with Crippen LogP contribution in [-0.2, 0) is 11.3 Å². The van der Waals surface area contributed by atoms with Crippen molar-refractivity contribution < 1.29 is 15.0 Å². The van der Waals surface area contributed by atoms with Gasteiger partial charge < -0.3 is 20.8 Å². The van der Waals surface area contributed by atoms with E-state index in [9.17, 15) is 15.0 Å². The van der Waals surface area contributed by atoms with Gasteiger partial charge in [0.1, 0.15) is 0 Å². The largest absolute Gasteiger partial charge is 0.504 e. The summed E-state index contributed by atoms with van der Waals surface area (Å²) < 4.78 is 0. The number of nitrogens with one attached hydrogen (secondary N) is 2. The molecule has 0 aliphatic heterocycles. The lowest BCUT2D eigenvalue weighted by atomic mass is 10.1. The Labute approximate surface area is 106 Å². The minimum absolute atomic E-state index is 0.0304. The van der Waals surface area contributed by atoms with Crippen molar-refractivity contribution in [3.05, 3.63) is 23.8 Å². The van der Waals surface area contributed by atoms with Crippen molar-refractivity contribution in [2.75, 3.05) is 0 Å². The molecule has 18 heavy (non-hydrogen) atoms. The Morgan fingerprint density at radius 1 is 1.44 bits per heavy atom. The van der Waals surface area contributed by atoms with Gasteiger partial charge in [-0.15, -0.1) is 0 Å². The molecular weight excluding hydrogens is 232 g/mol. The fourth-order valence-electron chi connectivity index (χ4n) is 1.63. The highest BCUT2D eigenvalue weighted by Gasteiger charge is 2.25. The van der Waals surface area contributed by atoms with Crippen molar-refractivity contribution in [3.63, 3.8) is 0 Å². The van der Waals surface area contributed by atoms with Crippen molar-refractivity contribution in [2.45, 2.75) is 38.4 Å². The number of carbonyl (C=O) groups is 1. The molecule has 2 rings (SSSR count). The molecule has 1 amide bonds. The number of benzene rings is 1. The number of amides is 1. The summed E-state index contributed by atoms with van der Waals surface area (Å²) in [4.78, 5) is 11.7. The topological polar surface area (TPSA) is 81.6 Å². The summed E-state index contributed by atoms with van der Waals surface area (Å²) in [7, 11) is 0. The van der Waals surface area contributed by atoms with Crippen molar-refractivity contribution >= 4 is 5.91 Å². The Bertz CT molecular complexity index is 444. The molecule has 1 aliphatic carbocycles. The molecule has 0 heterocycles. The first-order chi connectivity index (χ1) is 8.58. The number of hydrogen-bond donors (Lipinski definition) is 4. The van der Waals surface area contributed by atoms with Crippen molar-refractivity contribution in [1.82, 2.24) is 10.6 Å². The first kappa shape index (κ1) is 12.7. The van der Waals surface area contributed by atoms with Gasteiger partial charge in [0.15, 0.2) is 11.5 Å². The number of phenolic OH excluding ortho intramolecular Hbond substituents is 2. The minimum Gasteiger partial charge on any atom is -0.504 e. The van der Waals surface area contributed by atoms with Crippen LogP contribution >= 0.6 is 0 Å². The van der Waals surface area contributed by atoms with Gasteiger partial charge in [0.2, 0.25) is 5.91 Å². The molecule has 0 saturated heterocycles. The maximum Gasteiger partial charge on any atom is 0.237 e. The number of hydrogen-bond acceptors (Lipinski definition) is 4. The van der Waals surface area contributed by atoms with E-state index in [4.69, 9.17) is 0 Å². The van der Waals surface area contributed by atoms with Gasteiger partial charge in [0.25, 0.3) is 0 Å². The molecule has 1 unspecified atom stereocenters. The van der Waals surface area contributed by atoms with Crippen molar-refractivity contribution in [2.24, 2.45) is 0 Å². The molecule has 98 valence electrons. The quantitative estimate of drug-likeness (QED) is 0.584. The zero-order valence-electron chi connectivity index (χ0n) is 10.3. The molecule has 1 saturated carbocycles. The van der Waals surface area contributed by atoms with E-state index in [1.165, 1.54) is 6.07 Å². The molecule has 0 aromatic heterocycles. The van der Waals surface area contributed by atoms with Crippen LogP contribution in [0.3, 0.4) is 0 Å². The lowest BCUT2D eigenvalue weighted by Crippen LogP contribution is -2.42. The highest BCUT2D eigenvalue weighted by molar-refractivity contribution is 5.81. The van der Waals surface area contributed by atoms with Crippen LogP contribution in [0.1, 0.15) is 25.3 Å². The molecule has 1 aliphatic rings. The van der Waals surface area contributed by atoms with Crippen LogP contribution in [0.15, 0.2) is 18.2 Å². The van der Waals surface area contributed by atoms with E-state index in [0.717, 1.165) is 12.8 Å². The van der Waals surface area contributed by atoms with Gasteiger partial charge in [-0.2, -0.15) is 0 Å². The highest BCUT2D eigenvalue weighted by Crippen LogP contribution is 2.27. The van der Waals surface area contributed by atoms with Crippen LogP contribution in [0.2, 0.25) is 0 Å². The molecule has 1 atom stereocenters. The zero-order chi connectivity index (χ0) is 13.1.